The van der Waals surface area contributed by atoms with Crippen LogP contribution in [0.4, 0.5) is 11.5 Å². The van der Waals surface area contributed by atoms with Gasteiger partial charge >= 0.3 is 5.69 Å². The van der Waals surface area contributed by atoms with Crippen molar-refractivity contribution in [2.45, 2.75) is 26.8 Å². The van der Waals surface area contributed by atoms with Crippen molar-refractivity contribution < 1.29 is 10.0 Å². The highest BCUT2D eigenvalue weighted by Gasteiger charge is 2.33. The van der Waals surface area contributed by atoms with Gasteiger partial charge in [0.2, 0.25) is 5.82 Å². The van der Waals surface area contributed by atoms with Gasteiger partial charge < -0.3 is 10.0 Å². The van der Waals surface area contributed by atoms with Crippen molar-refractivity contribution in [1.82, 2.24) is 9.78 Å². The van der Waals surface area contributed by atoms with E-state index in [4.69, 9.17) is 5.11 Å². The highest BCUT2D eigenvalue weighted by Crippen LogP contribution is 2.34. The molecule has 1 aromatic rings. The van der Waals surface area contributed by atoms with Gasteiger partial charge in [-0.05, 0) is 20.3 Å². The minimum atomic E-state index is -0.365. The maximum Gasteiger partial charge on any atom is 0.333 e. The molecule has 18 heavy (non-hydrogen) atoms. The number of hydrogen-bond acceptors (Lipinski definition) is 5. The van der Waals surface area contributed by atoms with E-state index in [1.807, 2.05) is 11.8 Å². The van der Waals surface area contributed by atoms with Crippen LogP contribution in [-0.2, 0) is 6.54 Å². The first-order valence-corrected chi connectivity index (χ1v) is 6.16. The van der Waals surface area contributed by atoms with Crippen LogP contribution in [0.2, 0.25) is 0 Å². The van der Waals surface area contributed by atoms with Crippen molar-refractivity contribution >= 4 is 11.5 Å². The SMILES string of the molecule is CCn1nc(C)c([N+](=O)[O-])c1N1CCC(CO)C1. The Morgan fingerprint density at radius 2 is 2.33 bits per heavy atom. The van der Waals surface area contributed by atoms with Crippen LogP contribution in [0.25, 0.3) is 0 Å². The molecule has 0 aliphatic carbocycles. The molecule has 1 saturated heterocycles. The Bertz CT molecular complexity index is 457. The Balaban J connectivity index is 2.39. The van der Waals surface area contributed by atoms with Gasteiger partial charge in [-0.1, -0.05) is 0 Å². The number of nitrogens with zero attached hydrogens (tertiary/aromatic N) is 4. The van der Waals surface area contributed by atoms with Gasteiger partial charge in [-0.25, -0.2) is 4.68 Å². The van der Waals surface area contributed by atoms with E-state index in [1.165, 1.54) is 0 Å². The molecule has 2 rings (SSSR count). The molecule has 7 heteroatoms. The molecule has 100 valence electrons. The fourth-order valence-corrected chi connectivity index (χ4v) is 2.48. The van der Waals surface area contributed by atoms with E-state index < -0.39 is 0 Å². The smallest absolute Gasteiger partial charge is 0.333 e. The van der Waals surface area contributed by atoms with Gasteiger partial charge in [0.05, 0.1) is 4.92 Å². The lowest BCUT2D eigenvalue weighted by Crippen LogP contribution is -2.24. The van der Waals surface area contributed by atoms with E-state index in [1.54, 1.807) is 11.6 Å². The van der Waals surface area contributed by atoms with Crippen molar-refractivity contribution in [2.75, 3.05) is 24.6 Å². The molecular weight excluding hydrogens is 236 g/mol. The molecule has 1 aliphatic heterocycles. The summed E-state index contributed by atoms with van der Waals surface area (Å²) in [6, 6.07) is 0. The molecule has 0 amide bonds. The molecule has 0 bridgehead atoms. The molecule has 1 aliphatic rings. The zero-order valence-corrected chi connectivity index (χ0v) is 10.7. The van der Waals surface area contributed by atoms with Crippen LogP contribution in [0, 0.1) is 23.0 Å². The second-order valence-electron chi connectivity index (χ2n) is 4.61. The number of aliphatic hydroxyl groups is 1. The lowest BCUT2D eigenvalue weighted by Gasteiger charge is -2.18. The zero-order valence-electron chi connectivity index (χ0n) is 10.7. The van der Waals surface area contributed by atoms with Gasteiger partial charge in [-0.15, -0.1) is 0 Å². The van der Waals surface area contributed by atoms with Gasteiger partial charge in [0.25, 0.3) is 0 Å². The van der Waals surface area contributed by atoms with E-state index in [0.29, 0.717) is 24.6 Å². The number of aryl methyl sites for hydroxylation is 2. The van der Waals surface area contributed by atoms with Crippen LogP contribution in [0.15, 0.2) is 0 Å². The molecule has 0 saturated carbocycles. The quantitative estimate of drug-likeness (QED) is 0.638. The minimum Gasteiger partial charge on any atom is -0.396 e. The Labute approximate surface area is 105 Å². The summed E-state index contributed by atoms with van der Waals surface area (Å²) in [5, 5.41) is 24.5. The Morgan fingerprint density at radius 1 is 1.61 bits per heavy atom. The fourth-order valence-electron chi connectivity index (χ4n) is 2.48. The summed E-state index contributed by atoms with van der Waals surface area (Å²) >= 11 is 0. The Kier molecular flexibility index (Phi) is 3.51. The van der Waals surface area contributed by atoms with Crippen LogP contribution in [0.3, 0.4) is 0 Å². The van der Waals surface area contributed by atoms with Gasteiger partial charge in [0.15, 0.2) is 0 Å². The summed E-state index contributed by atoms with van der Waals surface area (Å²) < 4.78 is 1.67. The lowest BCUT2D eigenvalue weighted by atomic mass is 10.1. The van der Waals surface area contributed by atoms with Crippen LogP contribution in [0.5, 0.6) is 0 Å². The predicted octanol–water partition coefficient (Wildman–Crippen LogP) is 0.938. The largest absolute Gasteiger partial charge is 0.396 e. The molecule has 0 spiro atoms. The first-order valence-electron chi connectivity index (χ1n) is 6.16. The van der Waals surface area contributed by atoms with Crippen LogP contribution in [-0.4, -0.2) is 39.5 Å². The van der Waals surface area contributed by atoms with E-state index in [2.05, 4.69) is 5.10 Å². The van der Waals surface area contributed by atoms with Gasteiger partial charge in [0, 0.05) is 32.2 Å². The topological polar surface area (TPSA) is 84.4 Å². The molecule has 0 aromatic carbocycles. The van der Waals surface area contributed by atoms with E-state index >= 15 is 0 Å². The van der Waals surface area contributed by atoms with Crippen LogP contribution in [0.1, 0.15) is 19.0 Å². The van der Waals surface area contributed by atoms with E-state index in [0.717, 1.165) is 13.0 Å². The molecule has 0 radical (unpaired) electrons. The normalized spacial score (nSPS) is 19.5. The Morgan fingerprint density at radius 3 is 2.83 bits per heavy atom. The number of hydrogen-bond donors (Lipinski definition) is 1. The van der Waals surface area contributed by atoms with Gasteiger partial charge in [-0.3, -0.25) is 10.1 Å². The molecular formula is C11H18N4O3. The fraction of sp³-hybridized carbons (Fsp3) is 0.727. The third-order valence-corrected chi connectivity index (χ3v) is 3.40. The summed E-state index contributed by atoms with van der Waals surface area (Å²) in [6.45, 7) is 5.69. The van der Waals surface area contributed by atoms with Gasteiger partial charge in [0.1, 0.15) is 5.69 Å². The summed E-state index contributed by atoms with van der Waals surface area (Å²) in [7, 11) is 0. The Hall–Kier alpha value is -1.63. The van der Waals surface area contributed by atoms with Crippen LogP contribution >= 0.6 is 0 Å². The minimum absolute atomic E-state index is 0.0930. The number of anilines is 1. The number of nitro groups is 1. The van der Waals surface area contributed by atoms with Crippen molar-refractivity contribution in [1.29, 1.82) is 0 Å². The summed E-state index contributed by atoms with van der Waals surface area (Å²) in [5.74, 6) is 0.779. The van der Waals surface area contributed by atoms with Crippen LogP contribution < -0.4 is 4.90 Å². The average molecular weight is 254 g/mol. The molecule has 1 aromatic heterocycles. The maximum absolute atomic E-state index is 11.2. The third-order valence-electron chi connectivity index (χ3n) is 3.40. The molecule has 1 fully saturated rings. The standard InChI is InChI=1S/C11H18N4O3/c1-3-14-11(10(15(17)18)8(2)12-14)13-5-4-9(6-13)7-16/h9,16H,3-7H2,1-2H3. The summed E-state index contributed by atoms with van der Waals surface area (Å²) in [6.07, 6.45) is 0.863. The number of rotatable bonds is 4. The monoisotopic (exact) mass is 254 g/mol. The number of aromatic nitrogens is 2. The highest BCUT2D eigenvalue weighted by molar-refractivity contribution is 5.61. The first-order chi connectivity index (χ1) is 8.58. The second kappa shape index (κ2) is 4.93. The van der Waals surface area contributed by atoms with E-state index in [-0.39, 0.29) is 23.1 Å². The summed E-state index contributed by atoms with van der Waals surface area (Å²) in [5.41, 5.74) is 0.541. The molecule has 1 N–H and O–H groups in total. The first kappa shape index (κ1) is 12.8. The predicted molar refractivity (Wildman–Crippen MR) is 66.7 cm³/mol. The van der Waals surface area contributed by atoms with Gasteiger partial charge in [-0.2, -0.15) is 5.10 Å². The zero-order chi connectivity index (χ0) is 13.3. The number of aliphatic hydroxyl groups excluding tert-OH is 1. The lowest BCUT2D eigenvalue weighted by molar-refractivity contribution is -0.384. The molecule has 1 atom stereocenters. The molecule has 2 heterocycles. The summed E-state index contributed by atoms with van der Waals surface area (Å²) in [4.78, 5) is 12.8. The van der Waals surface area contributed by atoms with Crippen molar-refractivity contribution in [3.8, 4) is 0 Å². The van der Waals surface area contributed by atoms with E-state index in [9.17, 15) is 10.1 Å². The second-order valence-corrected chi connectivity index (χ2v) is 4.61. The highest BCUT2D eigenvalue weighted by atomic mass is 16.6. The maximum atomic E-state index is 11.2. The third kappa shape index (κ3) is 2.05. The van der Waals surface area contributed by atoms with Crippen molar-refractivity contribution in [2.24, 2.45) is 5.92 Å². The average Bonchev–Trinajstić information content (AvgIpc) is 2.91. The molecule has 7 nitrogen and oxygen atoms in total. The van der Waals surface area contributed by atoms with Crippen molar-refractivity contribution in [3.05, 3.63) is 15.8 Å². The molecule has 1 unspecified atom stereocenters. The van der Waals surface area contributed by atoms with Crippen molar-refractivity contribution in [3.63, 3.8) is 0 Å².